The van der Waals surface area contributed by atoms with E-state index in [-0.39, 0.29) is 11.9 Å². The van der Waals surface area contributed by atoms with Crippen LogP contribution in [0.3, 0.4) is 0 Å². The fraction of sp³-hybridized carbons (Fsp3) is 0.385. The molecular formula is C13H18ClN2O3+. The van der Waals surface area contributed by atoms with Crippen LogP contribution < -0.4 is 10.6 Å². The van der Waals surface area contributed by atoms with Gasteiger partial charge >= 0.3 is 6.09 Å². The van der Waals surface area contributed by atoms with Crippen LogP contribution in [0.15, 0.2) is 24.3 Å². The minimum Gasteiger partial charge on any atom is -0.453 e. The van der Waals surface area contributed by atoms with Crippen LogP contribution in [0.2, 0.25) is 5.02 Å². The number of nitrogens with two attached hydrogens (primary N) is 1. The molecule has 0 aliphatic rings. The Hall–Kier alpha value is -1.59. The molecule has 0 aliphatic heterocycles. The number of methoxy groups -OCH3 is 1. The molecule has 1 aromatic carbocycles. The Kier molecular flexibility index (Phi) is 5.79. The van der Waals surface area contributed by atoms with Gasteiger partial charge in [-0.15, -0.1) is 0 Å². The number of quaternary nitrogens is 1. The molecule has 3 N–H and O–H groups in total. The van der Waals surface area contributed by atoms with E-state index in [0.29, 0.717) is 5.02 Å². The summed E-state index contributed by atoms with van der Waals surface area (Å²) < 4.78 is 4.37. The summed E-state index contributed by atoms with van der Waals surface area (Å²) in [4.78, 5) is 22.6. The lowest BCUT2D eigenvalue weighted by Gasteiger charge is -2.16. The quantitative estimate of drug-likeness (QED) is 0.874. The van der Waals surface area contributed by atoms with Crippen molar-refractivity contribution >= 4 is 23.6 Å². The first-order chi connectivity index (χ1) is 8.93. The number of hydrogen-bond acceptors (Lipinski definition) is 3. The molecule has 2 amide bonds. The molecule has 0 saturated carbocycles. The van der Waals surface area contributed by atoms with E-state index in [0.717, 1.165) is 5.56 Å². The molecule has 1 aromatic rings. The summed E-state index contributed by atoms with van der Waals surface area (Å²) in [6.45, 7) is 3.70. The van der Waals surface area contributed by atoms with Crippen LogP contribution in [0, 0.1) is 0 Å². The normalized spacial score (nSPS) is 13.5. The van der Waals surface area contributed by atoms with Crippen LogP contribution in [0.5, 0.6) is 0 Å². The number of rotatable bonds is 4. The molecule has 1 rings (SSSR count). The van der Waals surface area contributed by atoms with Crippen molar-refractivity contribution in [1.29, 1.82) is 0 Å². The lowest BCUT2D eigenvalue weighted by Crippen LogP contribution is -2.92. The zero-order valence-electron chi connectivity index (χ0n) is 11.1. The highest BCUT2D eigenvalue weighted by molar-refractivity contribution is 6.30. The molecule has 104 valence electrons. The third-order valence-electron chi connectivity index (χ3n) is 2.80. The Morgan fingerprint density at radius 2 is 1.84 bits per heavy atom. The largest absolute Gasteiger partial charge is 0.453 e. The van der Waals surface area contributed by atoms with Gasteiger partial charge in [-0.25, -0.2) is 4.79 Å². The molecule has 0 aromatic heterocycles. The van der Waals surface area contributed by atoms with Crippen molar-refractivity contribution < 1.29 is 19.6 Å². The molecule has 0 heterocycles. The SMILES string of the molecule is COC(=O)NC(=O)[C@H](C)[NH2+][C@@H](C)c1ccc(Cl)cc1. The number of amides is 2. The Labute approximate surface area is 117 Å². The van der Waals surface area contributed by atoms with E-state index in [1.165, 1.54) is 7.11 Å². The monoisotopic (exact) mass is 285 g/mol. The Bertz CT molecular complexity index is 448. The molecule has 2 atom stereocenters. The van der Waals surface area contributed by atoms with Crippen LogP contribution in [0.1, 0.15) is 25.5 Å². The summed E-state index contributed by atoms with van der Waals surface area (Å²) in [5.41, 5.74) is 1.06. The topological polar surface area (TPSA) is 72.0 Å². The van der Waals surface area contributed by atoms with Crippen molar-refractivity contribution in [2.75, 3.05) is 7.11 Å². The first-order valence-corrected chi connectivity index (χ1v) is 6.31. The summed E-state index contributed by atoms with van der Waals surface area (Å²) >= 11 is 5.82. The lowest BCUT2D eigenvalue weighted by molar-refractivity contribution is -0.710. The standard InChI is InChI=1S/C13H17ClN2O3/c1-8(10-4-6-11(14)7-5-10)15-9(2)12(17)16-13(18)19-3/h4-9,15H,1-3H3,(H,16,17,18)/p+1/t8-,9-/m0/s1. The van der Waals surface area contributed by atoms with Gasteiger partial charge in [0.2, 0.25) is 0 Å². The van der Waals surface area contributed by atoms with E-state index in [4.69, 9.17) is 11.6 Å². The van der Waals surface area contributed by atoms with Gasteiger partial charge in [-0.2, -0.15) is 0 Å². The predicted molar refractivity (Wildman–Crippen MR) is 71.8 cm³/mol. The molecule has 6 heteroatoms. The molecule has 0 radical (unpaired) electrons. The number of carbonyl (C=O) groups is 2. The van der Waals surface area contributed by atoms with Crippen molar-refractivity contribution in [3.05, 3.63) is 34.9 Å². The number of imide groups is 1. The maximum absolute atomic E-state index is 11.7. The Balaban J connectivity index is 2.56. The fourth-order valence-corrected chi connectivity index (χ4v) is 1.79. The third kappa shape index (κ3) is 4.89. The molecule has 0 unspecified atom stereocenters. The van der Waals surface area contributed by atoms with Gasteiger partial charge in [0.1, 0.15) is 6.04 Å². The average Bonchev–Trinajstić information content (AvgIpc) is 2.38. The second kappa shape index (κ2) is 7.11. The van der Waals surface area contributed by atoms with Crippen molar-refractivity contribution in [3.63, 3.8) is 0 Å². The van der Waals surface area contributed by atoms with Crippen molar-refractivity contribution in [1.82, 2.24) is 5.32 Å². The minimum absolute atomic E-state index is 0.0793. The number of carbonyl (C=O) groups excluding carboxylic acids is 2. The molecule has 0 bridgehead atoms. The lowest BCUT2D eigenvalue weighted by atomic mass is 10.1. The minimum atomic E-state index is -0.746. The van der Waals surface area contributed by atoms with Gasteiger partial charge < -0.3 is 10.1 Å². The number of hydrogen-bond donors (Lipinski definition) is 2. The third-order valence-corrected chi connectivity index (χ3v) is 3.05. The van der Waals surface area contributed by atoms with Crippen LogP contribution in [0.25, 0.3) is 0 Å². The van der Waals surface area contributed by atoms with Gasteiger partial charge in [-0.1, -0.05) is 23.7 Å². The number of benzene rings is 1. The van der Waals surface area contributed by atoms with Crippen LogP contribution in [0.4, 0.5) is 4.79 Å². The average molecular weight is 286 g/mol. The van der Waals surface area contributed by atoms with E-state index in [9.17, 15) is 9.59 Å². The number of nitrogens with one attached hydrogen (secondary N) is 1. The zero-order valence-corrected chi connectivity index (χ0v) is 11.9. The van der Waals surface area contributed by atoms with Gasteiger partial charge in [0, 0.05) is 10.6 Å². The molecule has 19 heavy (non-hydrogen) atoms. The number of alkyl carbamates (subject to hydrolysis) is 1. The molecule has 5 nitrogen and oxygen atoms in total. The highest BCUT2D eigenvalue weighted by atomic mass is 35.5. The summed E-state index contributed by atoms with van der Waals surface area (Å²) in [6.07, 6.45) is -0.746. The Morgan fingerprint density at radius 3 is 2.37 bits per heavy atom. The highest BCUT2D eigenvalue weighted by Gasteiger charge is 2.22. The van der Waals surface area contributed by atoms with E-state index in [1.54, 1.807) is 19.1 Å². The van der Waals surface area contributed by atoms with Gasteiger partial charge in [0.25, 0.3) is 5.91 Å². The molecule has 0 spiro atoms. The van der Waals surface area contributed by atoms with Gasteiger partial charge in [-0.05, 0) is 26.0 Å². The maximum Gasteiger partial charge on any atom is 0.413 e. The molecular weight excluding hydrogens is 268 g/mol. The molecule has 0 saturated heterocycles. The Morgan fingerprint density at radius 1 is 1.26 bits per heavy atom. The predicted octanol–water partition coefficient (Wildman–Crippen LogP) is 1.24. The van der Waals surface area contributed by atoms with Crippen LogP contribution in [-0.2, 0) is 9.53 Å². The van der Waals surface area contributed by atoms with Gasteiger partial charge in [-0.3, -0.25) is 10.1 Å². The molecule has 0 fully saturated rings. The number of ether oxygens (including phenoxy) is 1. The van der Waals surface area contributed by atoms with E-state index < -0.39 is 12.1 Å². The highest BCUT2D eigenvalue weighted by Crippen LogP contribution is 2.13. The second-order valence-corrected chi connectivity index (χ2v) is 4.74. The van der Waals surface area contributed by atoms with Crippen molar-refractivity contribution in [2.45, 2.75) is 25.9 Å². The van der Waals surface area contributed by atoms with Gasteiger partial charge in [0.15, 0.2) is 6.04 Å². The fourth-order valence-electron chi connectivity index (χ4n) is 1.66. The summed E-state index contributed by atoms with van der Waals surface area (Å²) in [6, 6.07) is 7.12. The van der Waals surface area contributed by atoms with E-state index >= 15 is 0 Å². The zero-order chi connectivity index (χ0) is 14.4. The number of halogens is 1. The first-order valence-electron chi connectivity index (χ1n) is 5.93. The van der Waals surface area contributed by atoms with Crippen LogP contribution >= 0.6 is 11.6 Å². The van der Waals surface area contributed by atoms with Crippen LogP contribution in [-0.4, -0.2) is 25.2 Å². The van der Waals surface area contributed by atoms with Gasteiger partial charge in [0.05, 0.1) is 7.11 Å². The van der Waals surface area contributed by atoms with Crippen molar-refractivity contribution in [2.24, 2.45) is 0 Å². The van der Waals surface area contributed by atoms with E-state index in [1.807, 2.05) is 24.4 Å². The van der Waals surface area contributed by atoms with E-state index in [2.05, 4.69) is 10.1 Å². The second-order valence-electron chi connectivity index (χ2n) is 4.30. The molecule has 0 aliphatic carbocycles. The first kappa shape index (κ1) is 15.5. The smallest absolute Gasteiger partial charge is 0.413 e. The summed E-state index contributed by atoms with van der Waals surface area (Å²) in [5, 5.41) is 4.68. The summed E-state index contributed by atoms with van der Waals surface area (Å²) in [7, 11) is 1.22. The maximum atomic E-state index is 11.7. The van der Waals surface area contributed by atoms with Crippen molar-refractivity contribution in [3.8, 4) is 0 Å². The summed E-state index contributed by atoms with van der Waals surface area (Å²) in [5.74, 6) is -0.382.